The van der Waals surface area contributed by atoms with Crippen LogP contribution < -0.4 is 5.32 Å². The van der Waals surface area contributed by atoms with Crippen LogP contribution in [0.15, 0.2) is 18.2 Å². The van der Waals surface area contributed by atoms with E-state index in [0.717, 1.165) is 0 Å². The maximum atomic E-state index is 13.0. The Morgan fingerprint density at radius 3 is 2.67 bits per heavy atom. The van der Waals surface area contributed by atoms with Crippen molar-refractivity contribution in [2.24, 2.45) is 0 Å². The summed E-state index contributed by atoms with van der Waals surface area (Å²) in [6.07, 6.45) is -1.10. The number of carboxylic acid groups (broad SMARTS) is 1. The summed E-state index contributed by atoms with van der Waals surface area (Å²) in [7, 11) is 1.24. The zero-order valence-corrected chi connectivity index (χ0v) is 10.1. The number of carbonyl (C=O) groups is 2. The van der Waals surface area contributed by atoms with Gasteiger partial charge < -0.3 is 15.2 Å². The first-order valence-electron chi connectivity index (χ1n) is 5.25. The number of aliphatic carboxylic acids is 1. The van der Waals surface area contributed by atoms with Gasteiger partial charge in [-0.2, -0.15) is 0 Å². The van der Waals surface area contributed by atoms with Crippen LogP contribution in [0.5, 0.6) is 0 Å². The van der Waals surface area contributed by atoms with Crippen LogP contribution in [0.1, 0.15) is 15.9 Å². The van der Waals surface area contributed by atoms with Crippen molar-refractivity contribution in [3.8, 4) is 0 Å². The number of rotatable bonds is 5. The maximum Gasteiger partial charge on any atom is 0.334 e. The van der Waals surface area contributed by atoms with E-state index in [1.165, 1.54) is 25.3 Å². The van der Waals surface area contributed by atoms with E-state index in [4.69, 9.17) is 5.11 Å². The van der Waals surface area contributed by atoms with Crippen molar-refractivity contribution in [3.63, 3.8) is 0 Å². The van der Waals surface area contributed by atoms with Crippen molar-refractivity contribution in [1.82, 2.24) is 5.32 Å². The predicted molar refractivity (Wildman–Crippen MR) is 61.9 cm³/mol. The molecule has 0 aromatic heterocycles. The second kappa shape index (κ2) is 6.11. The number of benzene rings is 1. The summed E-state index contributed by atoms with van der Waals surface area (Å²) in [4.78, 5) is 22.3. The number of carbonyl (C=O) groups excluding carboxylic acids is 1. The van der Waals surface area contributed by atoms with Gasteiger partial charge in [0.25, 0.3) is 5.91 Å². The van der Waals surface area contributed by atoms with E-state index in [1.807, 2.05) is 0 Å². The van der Waals surface area contributed by atoms with Gasteiger partial charge in [0.1, 0.15) is 5.82 Å². The first-order chi connectivity index (χ1) is 8.45. The Morgan fingerprint density at radius 2 is 2.17 bits per heavy atom. The molecule has 1 unspecified atom stereocenters. The van der Waals surface area contributed by atoms with Crippen LogP contribution in [0.25, 0.3) is 0 Å². The summed E-state index contributed by atoms with van der Waals surface area (Å²) >= 11 is 0. The lowest BCUT2D eigenvalue weighted by atomic mass is 10.1. The monoisotopic (exact) mass is 255 g/mol. The SMILES string of the molecule is COC(CNC(=O)c1ccc(F)c(C)c1)C(=O)O. The van der Waals surface area contributed by atoms with Crippen LogP contribution in [-0.4, -0.2) is 36.7 Å². The smallest absolute Gasteiger partial charge is 0.334 e. The summed E-state index contributed by atoms with van der Waals surface area (Å²) in [6, 6.07) is 3.92. The second-order valence-electron chi connectivity index (χ2n) is 3.74. The number of methoxy groups -OCH3 is 1. The summed E-state index contributed by atoms with van der Waals surface area (Å²) in [5, 5.41) is 11.1. The van der Waals surface area contributed by atoms with Gasteiger partial charge in [-0.25, -0.2) is 9.18 Å². The average Bonchev–Trinajstić information content (AvgIpc) is 2.32. The Morgan fingerprint density at radius 1 is 1.50 bits per heavy atom. The Hall–Kier alpha value is -1.95. The minimum atomic E-state index is -1.16. The number of hydrogen-bond acceptors (Lipinski definition) is 3. The van der Waals surface area contributed by atoms with Gasteiger partial charge in [-0.15, -0.1) is 0 Å². The van der Waals surface area contributed by atoms with Crippen molar-refractivity contribution in [1.29, 1.82) is 0 Å². The van der Waals surface area contributed by atoms with E-state index in [1.54, 1.807) is 6.92 Å². The third-order valence-corrected chi connectivity index (χ3v) is 2.43. The highest BCUT2D eigenvalue weighted by Gasteiger charge is 2.17. The van der Waals surface area contributed by atoms with E-state index >= 15 is 0 Å². The van der Waals surface area contributed by atoms with Gasteiger partial charge in [0, 0.05) is 12.7 Å². The Labute approximate surface area is 104 Å². The van der Waals surface area contributed by atoms with Gasteiger partial charge in [-0.1, -0.05) is 0 Å². The lowest BCUT2D eigenvalue weighted by molar-refractivity contribution is -0.148. The van der Waals surface area contributed by atoms with Crippen molar-refractivity contribution < 1.29 is 23.8 Å². The highest BCUT2D eigenvalue weighted by atomic mass is 19.1. The fourth-order valence-electron chi connectivity index (χ4n) is 1.34. The van der Waals surface area contributed by atoms with Crippen molar-refractivity contribution in [2.75, 3.05) is 13.7 Å². The molecule has 2 N–H and O–H groups in total. The zero-order valence-electron chi connectivity index (χ0n) is 10.1. The van der Waals surface area contributed by atoms with Crippen LogP contribution in [0.3, 0.4) is 0 Å². The van der Waals surface area contributed by atoms with Crippen LogP contribution in [-0.2, 0) is 9.53 Å². The molecule has 1 atom stereocenters. The molecular formula is C12H14FNO4. The topological polar surface area (TPSA) is 75.6 Å². The molecule has 0 spiro atoms. The molecule has 18 heavy (non-hydrogen) atoms. The van der Waals surface area contributed by atoms with Gasteiger partial charge in [0.05, 0.1) is 6.54 Å². The summed E-state index contributed by atoms with van der Waals surface area (Å²) in [5.41, 5.74) is 0.623. The van der Waals surface area contributed by atoms with E-state index in [-0.39, 0.29) is 12.1 Å². The minimum absolute atomic E-state index is 0.152. The van der Waals surface area contributed by atoms with Crippen molar-refractivity contribution >= 4 is 11.9 Å². The first kappa shape index (κ1) is 14.1. The number of aryl methyl sites for hydroxylation is 1. The molecule has 1 aromatic carbocycles. The lowest BCUT2D eigenvalue weighted by Gasteiger charge is -2.11. The van der Waals surface area contributed by atoms with Crippen LogP contribution in [0.2, 0.25) is 0 Å². The molecule has 0 heterocycles. The third kappa shape index (κ3) is 3.53. The molecule has 98 valence electrons. The highest BCUT2D eigenvalue weighted by molar-refractivity contribution is 5.94. The Kier molecular flexibility index (Phi) is 4.79. The Balaban J connectivity index is 2.65. The van der Waals surface area contributed by atoms with E-state index in [0.29, 0.717) is 5.56 Å². The number of halogens is 1. The number of amides is 1. The Bertz CT molecular complexity index is 461. The molecular weight excluding hydrogens is 241 g/mol. The zero-order chi connectivity index (χ0) is 13.7. The molecule has 0 radical (unpaired) electrons. The average molecular weight is 255 g/mol. The van der Waals surface area contributed by atoms with Crippen LogP contribution >= 0.6 is 0 Å². The standard InChI is InChI=1S/C12H14FNO4/c1-7-5-8(3-4-9(7)13)11(15)14-6-10(18-2)12(16)17/h3-5,10H,6H2,1-2H3,(H,14,15)(H,16,17). The molecule has 1 rings (SSSR count). The molecule has 0 fully saturated rings. The molecule has 5 nitrogen and oxygen atoms in total. The molecule has 1 aromatic rings. The van der Waals surface area contributed by atoms with Gasteiger partial charge >= 0.3 is 5.97 Å². The summed E-state index contributed by atoms with van der Waals surface area (Å²) in [5.74, 6) is -2.03. The minimum Gasteiger partial charge on any atom is -0.479 e. The van der Waals surface area contributed by atoms with Gasteiger partial charge in [-0.05, 0) is 30.7 Å². The number of nitrogens with one attached hydrogen (secondary N) is 1. The third-order valence-electron chi connectivity index (χ3n) is 2.43. The largest absolute Gasteiger partial charge is 0.479 e. The second-order valence-corrected chi connectivity index (χ2v) is 3.74. The lowest BCUT2D eigenvalue weighted by Crippen LogP contribution is -2.37. The molecule has 0 aliphatic heterocycles. The van der Waals surface area contributed by atoms with Crippen molar-refractivity contribution in [2.45, 2.75) is 13.0 Å². The van der Waals surface area contributed by atoms with E-state index < -0.39 is 23.8 Å². The van der Waals surface area contributed by atoms with Gasteiger partial charge in [-0.3, -0.25) is 4.79 Å². The van der Waals surface area contributed by atoms with Gasteiger partial charge in [0.2, 0.25) is 0 Å². The summed E-state index contributed by atoms with van der Waals surface area (Å²) < 4.78 is 17.7. The first-order valence-corrected chi connectivity index (χ1v) is 5.25. The molecule has 0 saturated heterocycles. The predicted octanol–water partition coefficient (Wildman–Crippen LogP) is 0.964. The fraction of sp³-hybridized carbons (Fsp3) is 0.333. The molecule has 6 heteroatoms. The summed E-state index contributed by atoms with van der Waals surface area (Å²) in [6.45, 7) is 1.39. The molecule has 0 aliphatic rings. The quantitative estimate of drug-likeness (QED) is 0.821. The van der Waals surface area contributed by atoms with Crippen molar-refractivity contribution in [3.05, 3.63) is 35.1 Å². The molecule has 1 amide bonds. The number of carboxylic acids is 1. The molecule has 0 saturated carbocycles. The molecule has 0 aliphatic carbocycles. The van der Waals surface area contributed by atoms with E-state index in [2.05, 4.69) is 10.1 Å². The van der Waals surface area contributed by atoms with E-state index in [9.17, 15) is 14.0 Å². The number of hydrogen-bond donors (Lipinski definition) is 2. The highest BCUT2D eigenvalue weighted by Crippen LogP contribution is 2.09. The van der Waals surface area contributed by atoms with Crippen LogP contribution in [0, 0.1) is 12.7 Å². The molecule has 0 bridgehead atoms. The van der Waals surface area contributed by atoms with Gasteiger partial charge in [0.15, 0.2) is 6.10 Å². The fourth-order valence-corrected chi connectivity index (χ4v) is 1.34. The maximum absolute atomic E-state index is 13.0. The number of ether oxygens (including phenoxy) is 1. The normalized spacial score (nSPS) is 11.9. The van der Waals surface area contributed by atoms with Crippen LogP contribution in [0.4, 0.5) is 4.39 Å².